The van der Waals surface area contributed by atoms with E-state index < -0.39 is 10.0 Å². The van der Waals surface area contributed by atoms with Crippen LogP contribution in [0.1, 0.15) is 42.8 Å². The number of sulfonamides is 1. The van der Waals surface area contributed by atoms with Crippen molar-refractivity contribution in [2.75, 3.05) is 19.7 Å². The molecule has 3 rings (SSSR count). The molecule has 7 heteroatoms. The van der Waals surface area contributed by atoms with Gasteiger partial charge in [0.05, 0.1) is 18.9 Å². The Morgan fingerprint density at radius 2 is 2.08 bits per heavy atom. The molecule has 2 aromatic rings. The molecule has 0 radical (unpaired) electrons. The Kier molecular flexibility index (Phi) is 4.76. The minimum Gasteiger partial charge on any atom is -0.371 e. The maximum atomic E-state index is 12.9. The van der Waals surface area contributed by atoms with Gasteiger partial charge in [-0.15, -0.1) is 0 Å². The standard InChI is InChI=1S/C17H23N3O3S/c1-12(2)17-18-10-16(19-17)24(21,22)20-8-9-23-15(11-20)14-7-5-4-6-13(14)3/h4-7,10,12,15H,8-9,11H2,1-3H3,(H,18,19)/t15-/m1/s1. The van der Waals surface area contributed by atoms with Crippen molar-refractivity contribution in [2.45, 2.75) is 37.8 Å². The summed E-state index contributed by atoms with van der Waals surface area (Å²) in [5, 5.41) is 0.150. The maximum Gasteiger partial charge on any atom is 0.260 e. The van der Waals surface area contributed by atoms with E-state index in [2.05, 4.69) is 9.97 Å². The minimum absolute atomic E-state index is 0.150. The first-order valence-electron chi connectivity index (χ1n) is 8.11. The molecule has 0 spiro atoms. The lowest BCUT2D eigenvalue weighted by molar-refractivity contribution is -0.00295. The van der Waals surface area contributed by atoms with Gasteiger partial charge in [0, 0.05) is 19.0 Å². The molecule has 1 saturated heterocycles. The average molecular weight is 349 g/mol. The third kappa shape index (κ3) is 3.24. The fourth-order valence-electron chi connectivity index (χ4n) is 2.86. The molecular weight excluding hydrogens is 326 g/mol. The number of imidazole rings is 1. The van der Waals surface area contributed by atoms with Crippen LogP contribution in [-0.4, -0.2) is 42.4 Å². The topological polar surface area (TPSA) is 75.3 Å². The highest BCUT2D eigenvalue weighted by molar-refractivity contribution is 7.89. The molecule has 0 saturated carbocycles. The molecule has 1 fully saturated rings. The molecule has 24 heavy (non-hydrogen) atoms. The summed E-state index contributed by atoms with van der Waals surface area (Å²) in [6, 6.07) is 7.91. The van der Waals surface area contributed by atoms with E-state index in [-0.39, 0.29) is 17.0 Å². The van der Waals surface area contributed by atoms with Crippen LogP contribution in [0.5, 0.6) is 0 Å². The number of H-pyrrole nitrogens is 1. The lowest BCUT2D eigenvalue weighted by Crippen LogP contribution is -2.42. The second kappa shape index (κ2) is 6.66. The van der Waals surface area contributed by atoms with E-state index in [1.165, 1.54) is 10.5 Å². The molecule has 6 nitrogen and oxygen atoms in total. The van der Waals surface area contributed by atoms with Crippen LogP contribution in [0.3, 0.4) is 0 Å². The number of hydrogen-bond donors (Lipinski definition) is 1. The van der Waals surface area contributed by atoms with Crippen LogP contribution in [0.2, 0.25) is 0 Å². The maximum absolute atomic E-state index is 12.9. The first-order chi connectivity index (χ1) is 11.4. The minimum atomic E-state index is -3.59. The first kappa shape index (κ1) is 17.1. The number of hydrogen-bond acceptors (Lipinski definition) is 4. The highest BCUT2D eigenvalue weighted by Gasteiger charge is 2.33. The van der Waals surface area contributed by atoms with Crippen LogP contribution in [-0.2, 0) is 14.8 Å². The number of aromatic amines is 1. The fraction of sp³-hybridized carbons (Fsp3) is 0.471. The van der Waals surface area contributed by atoms with Crippen LogP contribution >= 0.6 is 0 Å². The molecule has 0 amide bonds. The van der Waals surface area contributed by atoms with E-state index in [0.29, 0.717) is 25.5 Å². The largest absolute Gasteiger partial charge is 0.371 e. The Hall–Kier alpha value is -1.70. The number of nitrogens with one attached hydrogen (secondary N) is 1. The van der Waals surface area contributed by atoms with Crippen molar-refractivity contribution in [2.24, 2.45) is 0 Å². The monoisotopic (exact) mass is 349 g/mol. The van der Waals surface area contributed by atoms with Crippen LogP contribution in [0.15, 0.2) is 35.5 Å². The lowest BCUT2D eigenvalue weighted by Gasteiger charge is -2.32. The van der Waals surface area contributed by atoms with Crippen molar-refractivity contribution in [3.8, 4) is 0 Å². The summed E-state index contributed by atoms with van der Waals surface area (Å²) in [4.78, 5) is 7.11. The van der Waals surface area contributed by atoms with Gasteiger partial charge in [0.15, 0.2) is 5.03 Å². The molecule has 1 N–H and O–H groups in total. The zero-order valence-electron chi connectivity index (χ0n) is 14.2. The van der Waals surface area contributed by atoms with Crippen molar-refractivity contribution < 1.29 is 13.2 Å². The second-order valence-corrected chi connectivity index (χ2v) is 8.27. The van der Waals surface area contributed by atoms with Crippen molar-refractivity contribution in [3.63, 3.8) is 0 Å². The Morgan fingerprint density at radius 1 is 1.33 bits per heavy atom. The van der Waals surface area contributed by atoms with Gasteiger partial charge in [0.25, 0.3) is 10.0 Å². The summed E-state index contributed by atoms with van der Waals surface area (Å²) < 4.78 is 33.1. The van der Waals surface area contributed by atoms with E-state index in [0.717, 1.165) is 11.1 Å². The Morgan fingerprint density at radius 3 is 2.75 bits per heavy atom. The summed E-state index contributed by atoms with van der Waals surface area (Å²) in [7, 11) is -3.59. The Balaban J connectivity index is 1.84. The van der Waals surface area contributed by atoms with Crippen LogP contribution in [0.4, 0.5) is 0 Å². The molecule has 1 aromatic carbocycles. The summed E-state index contributed by atoms with van der Waals surface area (Å²) >= 11 is 0. The van der Waals surface area contributed by atoms with Gasteiger partial charge in [-0.3, -0.25) is 0 Å². The number of nitrogens with zero attached hydrogens (tertiary/aromatic N) is 2. The van der Waals surface area contributed by atoms with Gasteiger partial charge in [-0.05, 0) is 18.1 Å². The van der Waals surface area contributed by atoms with Gasteiger partial charge >= 0.3 is 0 Å². The zero-order chi connectivity index (χ0) is 17.3. The highest BCUT2D eigenvalue weighted by Crippen LogP contribution is 2.28. The number of benzene rings is 1. The smallest absolute Gasteiger partial charge is 0.260 e. The van der Waals surface area contributed by atoms with Gasteiger partial charge in [-0.1, -0.05) is 38.1 Å². The molecule has 0 bridgehead atoms. The predicted octanol–water partition coefficient (Wildman–Crippen LogP) is 2.60. The first-order valence-corrected chi connectivity index (χ1v) is 9.56. The van der Waals surface area contributed by atoms with E-state index in [9.17, 15) is 8.42 Å². The lowest BCUT2D eigenvalue weighted by atomic mass is 10.0. The van der Waals surface area contributed by atoms with E-state index >= 15 is 0 Å². The normalized spacial score (nSPS) is 19.8. The third-order valence-corrected chi connectivity index (χ3v) is 6.08. The number of morpholine rings is 1. The zero-order valence-corrected chi connectivity index (χ0v) is 15.0. The summed E-state index contributed by atoms with van der Waals surface area (Å²) in [6.07, 6.45) is 1.16. The summed E-state index contributed by atoms with van der Waals surface area (Å²) in [6.45, 7) is 6.99. The predicted molar refractivity (Wildman–Crippen MR) is 91.3 cm³/mol. The van der Waals surface area contributed by atoms with Crippen molar-refractivity contribution in [3.05, 3.63) is 47.4 Å². The van der Waals surface area contributed by atoms with Crippen LogP contribution < -0.4 is 0 Å². The van der Waals surface area contributed by atoms with E-state index in [4.69, 9.17) is 4.74 Å². The Labute approximate surface area is 142 Å². The quantitative estimate of drug-likeness (QED) is 0.921. The molecule has 1 atom stereocenters. The third-order valence-electron chi connectivity index (χ3n) is 4.30. The number of ether oxygens (including phenoxy) is 1. The average Bonchev–Trinajstić information content (AvgIpc) is 3.06. The number of rotatable bonds is 4. The van der Waals surface area contributed by atoms with Crippen LogP contribution in [0, 0.1) is 6.92 Å². The molecule has 130 valence electrons. The van der Waals surface area contributed by atoms with Gasteiger partial charge in [0.2, 0.25) is 0 Å². The van der Waals surface area contributed by atoms with Gasteiger partial charge in [0.1, 0.15) is 5.82 Å². The summed E-state index contributed by atoms with van der Waals surface area (Å²) in [5.41, 5.74) is 2.13. The van der Waals surface area contributed by atoms with E-state index in [1.54, 1.807) is 0 Å². The number of aromatic nitrogens is 2. The molecule has 1 aromatic heterocycles. The van der Waals surface area contributed by atoms with Crippen molar-refractivity contribution in [1.29, 1.82) is 0 Å². The van der Waals surface area contributed by atoms with Crippen molar-refractivity contribution >= 4 is 10.0 Å². The van der Waals surface area contributed by atoms with Crippen molar-refractivity contribution in [1.82, 2.24) is 14.3 Å². The molecule has 0 aliphatic carbocycles. The molecular formula is C17H23N3O3S. The highest BCUT2D eigenvalue weighted by atomic mass is 32.2. The summed E-state index contributed by atoms with van der Waals surface area (Å²) in [5.74, 6) is 0.829. The second-order valence-electron chi connectivity index (χ2n) is 6.37. The Bertz CT molecular complexity index is 814. The fourth-order valence-corrected chi connectivity index (χ4v) is 4.21. The molecule has 2 heterocycles. The van der Waals surface area contributed by atoms with Gasteiger partial charge < -0.3 is 9.72 Å². The van der Waals surface area contributed by atoms with E-state index in [1.807, 2.05) is 45.0 Å². The van der Waals surface area contributed by atoms with Gasteiger partial charge in [-0.2, -0.15) is 4.31 Å². The van der Waals surface area contributed by atoms with Crippen LogP contribution in [0.25, 0.3) is 0 Å². The van der Waals surface area contributed by atoms with Gasteiger partial charge in [-0.25, -0.2) is 13.4 Å². The molecule has 1 aliphatic rings. The SMILES string of the molecule is Cc1ccccc1[C@H]1CN(S(=O)(=O)c2cnc(C(C)C)[nH]2)CCO1. The molecule has 0 unspecified atom stereocenters. The number of aryl methyl sites for hydroxylation is 1. The molecule has 1 aliphatic heterocycles.